The molecule has 2 aromatic heterocycles. The first kappa shape index (κ1) is 23.7. The number of hydrogen-bond acceptors (Lipinski definition) is 8. The fourth-order valence-corrected chi connectivity index (χ4v) is 4.36. The summed E-state index contributed by atoms with van der Waals surface area (Å²) in [6, 6.07) is 2.89. The third-order valence-corrected chi connectivity index (χ3v) is 6.55. The lowest BCUT2D eigenvalue weighted by atomic mass is 10.3. The van der Waals surface area contributed by atoms with E-state index in [1.54, 1.807) is 29.0 Å². The van der Waals surface area contributed by atoms with Gasteiger partial charge in [0.25, 0.3) is 5.91 Å². The van der Waals surface area contributed by atoms with E-state index in [2.05, 4.69) is 15.0 Å². The molecule has 2 saturated heterocycles. The molecule has 5 amide bonds. The number of hydrogen-bond donors (Lipinski definition) is 0. The first-order valence-corrected chi connectivity index (χ1v) is 11.7. The van der Waals surface area contributed by atoms with Crippen LogP contribution in [0, 0.1) is 0 Å². The van der Waals surface area contributed by atoms with Crippen LogP contribution in [0.4, 0.5) is 15.4 Å². The molecule has 5 rings (SSSR count). The highest BCUT2D eigenvalue weighted by Crippen LogP contribution is 2.35. The Morgan fingerprint density at radius 3 is 2.33 bits per heavy atom. The van der Waals surface area contributed by atoms with Crippen molar-refractivity contribution in [3.8, 4) is 0 Å². The molecule has 36 heavy (non-hydrogen) atoms. The van der Waals surface area contributed by atoms with Gasteiger partial charge in [-0.15, -0.1) is 0 Å². The maximum absolute atomic E-state index is 13.1. The van der Waals surface area contributed by atoms with Crippen LogP contribution >= 0.6 is 11.6 Å². The Morgan fingerprint density at radius 2 is 1.64 bits per heavy atom. The Balaban J connectivity index is 1.25. The molecule has 2 aromatic rings. The van der Waals surface area contributed by atoms with Gasteiger partial charge in [-0.3, -0.25) is 14.6 Å². The van der Waals surface area contributed by atoms with Gasteiger partial charge in [0.1, 0.15) is 18.1 Å². The summed E-state index contributed by atoms with van der Waals surface area (Å²) in [5.41, 5.74) is 0.283. The third kappa shape index (κ3) is 4.37. The van der Waals surface area contributed by atoms with Crippen LogP contribution in [0.25, 0.3) is 0 Å². The van der Waals surface area contributed by atoms with Gasteiger partial charge in [-0.05, 0) is 12.1 Å². The van der Waals surface area contributed by atoms with Crippen LogP contribution in [0.2, 0.25) is 5.02 Å². The number of anilines is 1. The van der Waals surface area contributed by atoms with E-state index < -0.39 is 18.2 Å². The van der Waals surface area contributed by atoms with Crippen LogP contribution in [0.15, 0.2) is 30.7 Å². The Labute approximate surface area is 211 Å². The Kier molecular flexibility index (Phi) is 6.31. The number of carbonyl (C=O) groups is 4. The summed E-state index contributed by atoms with van der Waals surface area (Å²) in [5.74, 6) is -0.368. The number of aromatic nitrogens is 3. The van der Waals surface area contributed by atoms with Gasteiger partial charge in [0, 0.05) is 64.9 Å². The minimum atomic E-state index is -1.15. The van der Waals surface area contributed by atoms with E-state index in [1.165, 1.54) is 33.3 Å². The van der Waals surface area contributed by atoms with Crippen LogP contribution in [0.1, 0.15) is 22.4 Å². The molecule has 5 heterocycles. The molecule has 0 aromatic carbocycles. The Bertz CT molecular complexity index is 1200. The number of fused-ring (bicyclic) bond motifs is 1. The van der Waals surface area contributed by atoms with Gasteiger partial charge in [0.15, 0.2) is 5.69 Å². The van der Waals surface area contributed by atoms with Crippen molar-refractivity contribution in [2.24, 2.45) is 0 Å². The molecule has 3 aliphatic heterocycles. The smallest absolute Gasteiger partial charge is 0.412 e. The molecule has 1 atom stereocenters. The Hall–Kier alpha value is -4.00. The van der Waals surface area contributed by atoms with Gasteiger partial charge in [-0.1, -0.05) is 11.6 Å². The summed E-state index contributed by atoms with van der Waals surface area (Å²) in [6.45, 7) is 2.05. The highest BCUT2D eigenvalue weighted by atomic mass is 35.5. The van der Waals surface area contributed by atoms with Crippen molar-refractivity contribution in [2.45, 2.75) is 6.23 Å². The van der Waals surface area contributed by atoms with Gasteiger partial charge in [-0.2, -0.15) is 0 Å². The number of amides is 5. The zero-order chi connectivity index (χ0) is 25.4. The molecule has 13 nitrogen and oxygen atoms in total. The first-order valence-electron chi connectivity index (χ1n) is 11.3. The number of rotatable bonds is 2. The number of urea groups is 1. The lowest BCUT2D eigenvalue weighted by molar-refractivity contribution is -0.133. The standard InChI is InChI=1S/C22H23ClN8O5/c1-27-6-7-30(13-16(27)32)21(34)28-8-10-29(11-9-28)22(35)36-20-18-17(24-4-5-25-18)19(33)31(20)15-3-2-14(23)12-26-15/h2-5,12,20H,6-11,13H2,1H3/t20-/m1/s1. The summed E-state index contributed by atoms with van der Waals surface area (Å²) < 4.78 is 5.74. The molecule has 0 N–H and O–H groups in total. The van der Waals surface area contributed by atoms with E-state index in [-0.39, 0.29) is 61.9 Å². The molecular weight excluding hydrogens is 492 g/mol. The zero-order valence-corrected chi connectivity index (χ0v) is 20.2. The van der Waals surface area contributed by atoms with Gasteiger partial charge in [0.05, 0.1) is 5.02 Å². The van der Waals surface area contributed by atoms with Crippen LogP contribution in [0.5, 0.6) is 0 Å². The van der Waals surface area contributed by atoms with E-state index in [9.17, 15) is 19.2 Å². The van der Waals surface area contributed by atoms with E-state index in [0.29, 0.717) is 18.1 Å². The quantitative estimate of drug-likeness (QED) is 0.575. The number of nitrogens with zero attached hydrogens (tertiary/aromatic N) is 8. The molecule has 0 aliphatic carbocycles. The number of carbonyl (C=O) groups excluding carboxylic acids is 4. The molecule has 188 valence electrons. The zero-order valence-electron chi connectivity index (χ0n) is 19.4. The van der Waals surface area contributed by atoms with Crippen molar-refractivity contribution in [3.63, 3.8) is 0 Å². The van der Waals surface area contributed by atoms with Gasteiger partial charge >= 0.3 is 12.1 Å². The molecule has 0 radical (unpaired) electrons. The number of piperazine rings is 2. The van der Waals surface area contributed by atoms with Crippen molar-refractivity contribution in [1.29, 1.82) is 0 Å². The molecular formula is C22H23ClN8O5. The normalized spacial score (nSPS) is 20.1. The highest BCUT2D eigenvalue weighted by Gasteiger charge is 2.44. The van der Waals surface area contributed by atoms with Gasteiger partial charge in [-0.25, -0.2) is 24.5 Å². The van der Waals surface area contributed by atoms with Crippen molar-refractivity contribution in [2.75, 3.05) is 57.8 Å². The molecule has 0 spiro atoms. The van der Waals surface area contributed by atoms with Crippen LogP contribution in [0.3, 0.4) is 0 Å². The molecule has 0 unspecified atom stereocenters. The third-order valence-electron chi connectivity index (χ3n) is 6.32. The largest absolute Gasteiger partial charge is 0.419 e. The minimum absolute atomic E-state index is 0.0440. The second-order valence-electron chi connectivity index (χ2n) is 8.53. The fraction of sp³-hybridized carbons (Fsp3) is 0.409. The number of likely N-dealkylation sites (N-methyl/N-ethyl adjacent to an activating group) is 1. The van der Waals surface area contributed by atoms with Crippen molar-refractivity contribution in [1.82, 2.24) is 34.6 Å². The topological polar surface area (TPSA) is 132 Å². The average molecular weight is 515 g/mol. The van der Waals surface area contributed by atoms with E-state index in [0.717, 1.165) is 0 Å². The Morgan fingerprint density at radius 1 is 0.944 bits per heavy atom. The first-order chi connectivity index (χ1) is 17.3. The molecule has 14 heteroatoms. The fourth-order valence-electron chi connectivity index (χ4n) is 4.25. The minimum Gasteiger partial charge on any atom is -0.419 e. The van der Waals surface area contributed by atoms with E-state index >= 15 is 0 Å². The van der Waals surface area contributed by atoms with Crippen molar-refractivity contribution >= 4 is 41.4 Å². The average Bonchev–Trinajstić information content (AvgIpc) is 3.17. The van der Waals surface area contributed by atoms with Gasteiger partial charge < -0.3 is 24.3 Å². The molecule has 0 bridgehead atoms. The summed E-state index contributed by atoms with van der Waals surface area (Å²) in [5, 5.41) is 0.390. The molecule has 2 fully saturated rings. The second kappa shape index (κ2) is 9.57. The SMILES string of the molecule is CN1CCN(C(=O)N2CCN(C(=O)O[C@@H]3c4nccnc4C(=O)N3c3ccc(Cl)cn3)CC2)CC1=O. The molecule has 3 aliphatic rings. The van der Waals surface area contributed by atoms with E-state index in [1.807, 2.05) is 0 Å². The van der Waals surface area contributed by atoms with Crippen molar-refractivity contribution < 1.29 is 23.9 Å². The lowest BCUT2D eigenvalue weighted by Gasteiger charge is -2.39. The summed E-state index contributed by atoms with van der Waals surface area (Å²) in [4.78, 5) is 70.8. The van der Waals surface area contributed by atoms with E-state index in [4.69, 9.17) is 16.3 Å². The summed E-state index contributed by atoms with van der Waals surface area (Å²) in [7, 11) is 1.71. The maximum Gasteiger partial charge on any atom is 0.412 e. The van der Waals surface area contributed by atoms with Crippen LogP contribution in [-0.4, -0.2) is 111 Å². The summed E-state index contributed by atoms with van der Waals surface area (Å²) in [6.07, 6.45) is 2.38. The number of halogens is 1. The second-order valence-corrected chi connectivity index (χ2v) is 8.97. The van der Waals surface area contributed by atoms with Gasteiger partial charge in [0.2, 0.25) is 12.1 Å². The highest BCUT2D eigenvalue weighted by molar-refractivity contribution is 6.30. The monoisotopic (exact) mass is 514 g/mol. The predicted molar refractivity (Wildman–Crippen MR) is 125 cm³/mol. The molecule has 0 saturated carbocycles. The lowest BCUT2D eigenvalue weighted by Crippen LogP contribution is -2.58. The van der Waals surface area contributed by atoms with Crippen LogP contribution in [-0.2, 0) is 9.53 Å². The number of ether oxygens (including phenoxy) is 1. The predicted octanol–water partition coefficient (Wildman–Crippen LogP) is 0.832. The van der Waals surface area contributed by atoms with Crippen LogP contribution < -0.4 is 4.90 Å². The van der Waals surface area contributed by atoms with Crippen molar-refractivity contribution in [3.05, 3.63) is 47.1 Å². The number of pyridine rings is 1. The summed E-state index contributed by atoms with van der Waals surface area (Å²) >= 11 is 5.93. The maximum atomic E-state index is 13.1.